The maximum atomic E-state index is 5.57. The van der Waals surface area contributed by atoms with Gasteiger partial charge in [-0.3, -0.25) is 0 Å². The first-order valence-corrected chi connectivity index (χ1v) is 7.29. The van der Waals surface area contributed by atoms with Crippen LogP contribution in [0, 0.1) is 12.8 Å². The van der Waals surface area contributed by atoms with Crippen molar-refractivity contribution in [2.75, 3.05) is 33.8 Å². The van der Waals surface area contributed by atoms with Crippen LogP contribution in [0.4, 0.5) is 0 Å². The number of nitrogens with one attached hydrogen (secondary N) is 1. The summed E-state index contributed by atoms with van der Waals surface area (Å²) in [5.74, 6) is 0.649. The fraction of sp³-hybridized carbons (Fsp3) is 0.733. The Morgan fingerprint density at radius 1 is 1.35 bits per heavy atom. The maximum Gasteiger partial charge on any atom is 0.316 e. The zero-order valence-electron chi connectivity index (χ0n) is 13.4. The molecule has 0 aliphatic rings. The van der Waals surface area contributed by atoms with Crippen molar-refractivity contribution in [3.05, 3.63) is 17.5 Å². The molecule has 0 bridgehead atoms. The van der Waals surface area contributed by atoms with Gasteiger partial charge in [-0.1, -0.05) is 13.8 Å². The SMILES string of the molecule is Cc1nc(OCCCN(C)C)ncc1CNCC(C)C. The van der Waals surface area contributed by atoms with Crippen LogP contribution in [0.3, 0.4) is 0 Å². The number of hydrogen-bond acceptors (Lipinski definition) is 5. The summed E-state index contributed by atoms with van der Waals surface area (Å²) in [5.41, 5.74) is 2.12. The number of ether oxygens (including phenoxy) is 1. The normalized spacial score (nSPS) is 11.3. The lowest BCUT2D eigenvalue weighted by molar-refractivity contribution is 0.263. The Balaban J connectivity index is 2.38. The van der Waals surface area contributed by atoms with E-state index in [4.69, 9.17) is 4.74 Å². The third-order valence-corrected chi connectivity index (χ3v) is 2.91. The standard InChI is InChI=1S/C15H28N4O/c1-12(2)9-16-10-14-11-17-15(18-13(14)3)20-8-6-7-19(4)5/h11-12,16H,6-10H2,1-5H3. The van der Waals surface area contributed by atoms with Crippen LogP contribution in [0.25, 0.3) is 0 Å². The molecule has 1 aromatic heterocycles. The molecule has 0 amide bonds. The van der Waals surface area contributed by atoms with Gasteiger partial charge in [-0.25, -0.2) is 9.97 Å². The van der Waals surface area contributed by atoms with Gasteiger partial charge in [0.2, 0.25) is 0 Å². The molecular weight excluding hydrogens is 252 g/mol. The van der Waals surface area contributed by atoms with Crippen LogP contribution in [0.5, 0.6) is 6.01 Å². The highest BCUT2D eigenvalue weighted by molar-refractivity contribution is 5.17. The van der Waals surface area contributed by atoms with Crippen molar-refractivity contribution in [3.63, 3.8) is 0 Å². The first-order valence-electron chi connectivity index (χ1n) is 7.29. The highest BCUT2D eigenvalue weighted by Gasteiger charge is 2.04. The van der Waals surface area contributed by atoms with Gasteiger partial charge in [0.1, 0.15) is 0 Å². The van der Waals surface area contributed by atoms with E-state index in [2.05, 4.69) is 48.1 Å². The topological polar surface area (TPSA) is 50.3 Å². The first kappa shape index (κ1) is 16.9. The minimum Gasteiger partial charge on any atom is -0.463 e. The van der Waals surface area contributed by atoms with Crippen LogP contribution in [0.15, 0.2) is 6.20 Å². The molecule has 0 aliphatic carbocycles. The summed E-state index contributed by atoms with van der Waals surface area (Å²) in [6.07, 6.45) is 2.84. The Hall–Kier alpha value is -1.20. The van der Waals surface area contributed by atoms with E-state index in [1.54, 1.807) is 0 Å². The second kappa shape index (κ2) is 8.87. The quantitative estimate of drug-likeness (QED) is 0.700. The van der Waals surface area contributed by atoms with Crippen LogP contribution in [0.1, 0.15) is 31.5 Å². The van der Waals surface area contributed by atoms with E-state index in [1.165, 1.54) is 0 Å². The van der Waals surface area contributed by atoms with Crippen molar-refractivity contribution >= 4 is 0 Å². The molecule has 0 saturated carbocycles. The number of nitrogens with zero attached hydrogens (tertiary/aromatic N) is 3. The van der Waals surface area contributed by atoms with Crippen molar-refractivity contribution in [1.82, 2.24) is 20.2 Å². The highest BCUT2D eigenvalue weighted by atomic mass is 16.5. The van der Waals surface area contributed by atoms with E-state index in [0.717, 1.165) is 37.3 Å². The van der Waals surface area contributed by atoms with Crippen LogP contribution >= 0.6 is 0 Å². The number of aryl methyl sites for hydroxylation is 1. The van der Waals surface area contributed by atoms with E-state index in [-0.39, 0.29) is 0 Å². The van der Waals surface area contributed by atoms with Crippen molar-refractivity contribution in [2.24, 2.45) is 5.92 Å². The molecule has 0 unspecified atom stereocenters. The summed E-state index contributed by atoms with van der Waals surface area (Å²) >= 11 is 0. The lowest BCUT2D eigenvalue weighted by Crippen LogP contribution is -2.20. The molecule has 5 heteroatoms. The summed E-state index contributed by atoms with van der Waals surface area (Å²) in [4.78, 5) is 10.8. The number of rotatable bonds is 9. The Bertz CT molecular complexity index is 393. The Kier molecular flexibility index (Phi) is 7.47. The predicted molar refractivity (Wildman–Crippen MR) is 82.0 cm³/mol. The average Bonchev–Trinajstić information content (AvgIpc) is 2.36. The van der Waals surface area contributed by atoms with E-state index in [9.17, 15) is 0 Å². The molecule has 0 saturated heterocycles. The molecule has 5 nitrogen and oxygen atoms in total. The number of aromatic nitrogens is 2. The van der Waals surface area contributed by atoms with Crippen LogP contribution in [0.2, 0.25) is 0 Å². The van der Waals surface area contributed by atoms with Crippen LogP contribution < -0.4 is 10.1 Å². The second-order valence-electron chi connectivity index (χ2n) is 5.79. The molecule has 1 heterocycles. The molecule has 0 aliphatic heterocycles. The predicted octanol–water partition coefficient (Wildman–Crippen LogP) is 1.86. The largest absolute Gasteiger partial charge is 0.463 e. The summed E-state index contributed by atoms with van der Waals surface area (Å²) in [5, 5.41) is 3.40. The minimum absolute atomic E-state index is 0.480. The third-order valence-electron chi connectivity index (χ3n) is 2.91. The van der Waals surface area contributed by atoms with Crippen molar-refractivity contribution in [1.29, 1.82) is 0 Å². The zero-order chi connectivity index (χ0) is 15.0. The van der Waals surface area contributed by atoms with Gasteiger partial charge in [0.15, 0.2) is 0 Å². The smallest absolute Gasteiger partial charge is 0.316 e. The van der Waals surface area contributed by atoms with Crippen molar-refractivity contribution in [2.45, 2.75) is 33.7 Å². The van der Waals surface area contributed by atoms with E-state index >= 15 is 0 Å². The molecular formula is C15H28N4O. The summed E-state index contributed by atoms with van der Waals surface area (Å²) in [7, 11) is 4.11. The minimum atomic E-state index is 0.480. The monoisotopic (exact) mass is 280 g/mol. The molecule has 0 fully saturated rings. The molecule has 0 atom stereocenters. The van der Waals surface area contributed by atoms with Gasteiger partial charge in [0.25, 0.3) is 0 Å². The molecule has 1 N–H and O–H groups in total. The van der Waals surface area contributed by atoms with E-state index in [0.29, 0.717) is 18.5 Å². The van der Waals surface area contributed by atoms with Crippen molar-refractivity contribution < 1.29 is 4.74 Å². The molecule has 0 radical (unpaired) electrons. The lowest BCUT2D eigenvalue weighted by atomic mass is 10.2. The zero-order valence-corrected chi connectivity index (χ0v) is 13.4. The van der Waals surface area contributed by atoms with Gasteiger partial charge in [-0.2, -0.15) is 0 Å². The summed E-state index contributed by atoms with van der Waals surface area (Å²) < 4.78 is 5.57. The molecule has 0 spiro atoms. The van der Waals surface area contributed by atoms with Gasteiger partial charge in [0, 0.05) is 30.5 Å². The Labute approximate surface area is 122 Å². The van der Waals surface area contributed by atoms with Gasteiger partial charge in [0.05, 0.1) is 6.61 Å². The highest BCUT2D eigenvalue weighted by Crippen LogP contribution is 2.09. The lowest BCUT2D eigenvalue weighted by Gasteiger charge is -2.11. The summed E-state index contributed by atoms with van der Waals surface area (Å²) in [6.45, 7) is 9.87. The van der Waals surface area contributed by atoms with Crippen molar-refractivity contribution in [3.8, 4) is 6.01 Å². The first-order chi connectivity index (χ1) is 9.49. The van der Waals surface area contributed by atoms with Gasteiger partial charge < -0.3 is 15.0 Å². The van der Waals surface area contributed by atoms with Gasteiger partial charge in [-0.15, -0.1) is 0 Å². The fourth-order valence-electron chi connectivity index (χ4n) is 1.75. The molecule has 1 rings (SSSR count). The van der Waals surface area contributed by atoms with Crippen LogP contribution in [-0.2, 0) is 6.54 Å². The Morgan fingerprint density at radius 3 is 2.70 bits per heavy atom. The third kappa shape index (κ3) is 6.82. The van der Waals surface area contributed by atoms with Gasteiger partial charge >= 0.3 is 6.01 Å². The van der Waals surface area contributed by atoms with Crippen LogP contribution in [-0.4, -0.2) is 48.7 Å². The molecule has 1 aromatic rings. The number of hydrogen-bond donors (Lipinski definition) is 1. The van der Waals surface area contributed by atoms with E-state index in [1.807, 2.05) is 13.1 Å². The molecule has 20 heavy (non-hydrogen) atoms. The van der Waals surface area contributed by atoms with E-state index < -0.39 is 0 Å². The summed E-state index contributed by atoms with van der Waals surface area (Å²) in [6, 6.07) is 0.480. The maximum absolute atomic E-state index is 5.57. The van der Waals surface area contributed by atoms with Gasteiger partial charge in [-0.05, 0) is 39.9 Å². The second-order valence-corrected chi connectivity index (χ2v) is 5.79. The molecule has 0 aromatic carbocycles. The average molecular weight is 280 g/mol. The Morgan fingerprint density at radius 2 is 2.10 bits per heavy atom. The fourth-order valence-corrected chi connectivity index (χ4v) is 1.75. The molecule has 114 valence electrons.